The van der Waals surface area contributed by atoms with Gasteiger partial charge in [-0.1, -0.05) is 45.4 Å². The molecule has 29 heavy (non-hydrogen) atoms. The van der Waals surface area contributed by atoms with E-state index in [0.29, 0.717) is 12.0 Å². The van der Waals surface area contributed by atoms with E-state index in [1.807, 2.05) is 26.8 Å². The molecule has 8 atom stereocenters. The minimum Gasteiger partial charge on any atom is -0.456 e. The van der Waals surface area contributed by atoms with E-state index in [2.05, 4.69) is 0 Å². The minimum atomic E-state index is -1.72. The first kappa shape index (κ1) is 20.8. The van der Waals surface area contributed by atoms with Gasteiger partial charge in [0.05, 0.1) is 11.7 Å². The number of carbonyl (C=O) groups is 2. The lowest BCUT2D eigenvalue weighted by molar-refractivity contribution is -0.218. The fraction of sp³-hybridized carbons (Fsp3) is 0.739. The van der Waals surface area contributed by atoms with Crippen molar-refractivity contribution in [2.45, 2.75) is 77.3 Å². The van der Waals surface area contributed by atoms with Gasteiger partial charge in [0.15, 0.2) is 5.78 Å². The van der Waals surface area contributed by atoms with E-state index in [0.717, 1.165) is 5.57 Å². The molecular formula is C23H32O6. The zero-order valence-corrected chi connectivity index (χ0v) is 18.0. The van der Waals surface area contributed by atoms with Crippen LogP contribution in [0.15, 0.2) is 23.3 Å². The molecule has 0 unspecified atom stereocenters. The smallest absolute Gasteiger partial charge is 0.303 e. The maximum atomic E-state index is 12.9. The van der Waals surface area contributed by atoms with Crippen molar-refractivity contribution in [1.82, 2.24) is 0 Å². The lowest BCUT2D eigenvalue weighted by atomic mass is 9.59. The molecule has 0 saturated heterocycles. The van der Waals surface area contributed by atoms with Gasteiger partial charge in [0, 0.05) is 42.4 Å². The number of hydrogen-bond donors (Lipinski definition) is 3. The Morgan fingerprint density at radius 3 is 2.45 bits per heavy atom. The molecule has 6 heteroatoms. The first-order valence-corrected chi connectivity index (χ1v) is 10.5. The fourth-order valence-corrected chi connectivity index (χ4v) is 7.04. The van der Waals surface area contributed by atoms with Crippen LogP contribution >= 0.6 is 0 Å². The second-order valence-electron chi connectivity index (χ2n) is 10.2. The zero-order valence-electron chi connectivity index (χ0n) is 18.0. The summed E-state index contributed by atoms with van der Waals surface area (Å²) in [5, 5.41) is 35.0. The van der Waals surface area contributed by atoms with Crippen LogP contribution < -0.4 is 0 Å². The SMILES string of the molecule is CCC1=C[C@H]2[C@@H]3C(C)(C)[C@]3(OC(C)=O)[C@H](O)[C@@H](C)[C@]2(O)[C@@H]2C=C(C)C(=O)[C@@]2(O)C1. The van der Waals surface area contributed by atoms with Crippen molar-refractivity contribution < 1.29 is 29.6 Å². The zero-order chi connectivity index (χ0) is 21.7. The Balaban J connectivity index is 1.94. The van der Waals surface area contributed by atoms with Crippen molar-refractivity contribution in [3.05, 3.63) is 23.3 Å². The molecule has 4 rings (SSSR count). The Labute approximate surface area is 171 Å². The lowest BCUT2D eigenvalue weighted by Crippen LogP contribution is -2.65. The molecule has 2 fully saturated rings. The summed E-state index contributed by atoms with van der Waals surface area (Å²) in [5.41, 5.74) is -3.56. The standard InChI is InChI=1S/C23H32O6/c1-7-14-9-15-17-20(5,6)23(17,29-13(4)24)19(26)12(3)22(15,28)16-8-11(2)18(25)21(16,27)10-14/h8-9,12,15-17,19,26-28H,7,10H2,1-6H3/t12-,15+,16-,17-,19-,21-,22-,23-/m1/s1. The molecule has 0 amide bonds. The van der Waals surface area contributed by atoms with Gasteiger partial charge in [0.25, 0.3) is 0 Å². The predicted molar refractivity (Wildman–Crippen MR) is 106 cm³/mol. The molecule has 0 bridgehead atoms. The van der Waals surface area contributed by atoms with E-state index in [-0.39, 0.29) is 18.1 Å². The van der Waals surface area contributed by atoms with E-state index < -0.39 is 52.0 Å². The molecule has 0 radical (unpaired) electrons. The minimum absolute atomic E-state index is 0.163. The van der Waals surface area contributed by atoms with Crippen molar-refractivity contribution in [2.75, 3.05) is 0 Å². The van der Waals surface area contributed by atoms with Gasteiger partial charge < -0.3 is 20.1 Å². The van der Waals surface area contributed by atoms with Gasteiger partial charge in [-0.15, -0.1) is 0 Å². The predicted octanol–water partition coefficient (Wildman–Crippen LogP) is 1.92. The Bertz CT molecular complexity index is 855. The maximum absolute atomic E-state index is 12.9. The summed E-state index contributed by atoms with van der Waals surface area (Å²) in [4.78, 5) is 24.8. The van der Waals surface area contributed by atoms with Crippen LogP contribution in [0.5, 0.6) is 0 Å². The first-order chi connectivity index (χ1) is 13.3. The summed E-state index contributed by atoms with van der Waals surface area (Å²) >= 11 is 0. The maximum Gasteiger partial charge on any atom is 0.303 e. The van der Waals surface area contributed by atoms with Gasteiger partial charge in [-0.25, -0.2) is 0 Å². The number of aliphatic hydroxyl groups excluding tert-OH is 1. The van der Waals surface area contributed by atoms with Crippen LogP contribution in [-0.2, 0) is 14.3 Å². The molecule has 0 aromatic carbocycles. The summed E-state index contributed by atoms with van der Waals surface area (Å²) < 4.78 is 5.76. The van der Waals surface area contributed by atoms with Crippen LogP contribution in [0, 0.1) is 29.1 Å². The van der Waals surface area contributed by atoms with Crippen molar-refractivity contribution in [1.29, 1.82) is 0 Å². The summed E-state index contributed by atoms with van der Waals surface area (Å²) in [6, 6.07) is 0. The van der Waals surface area contributed by atoms with Crippen molar-refractivity contribution in [3.8, 4) is 0 Å². The highest BCUT2D eigenvalue weighted by Gasteiger charge is 2.86. The summed E-state index contributed by atoms with van der Waals surface area (Å²) in [6.07, 6.45) is 3.35. The lowest BCUT2D eigenvalue weighted by Gasteiger charge is -2.52. The molecule has 6 nitrogen and oxygen atoms in total. The van der Waals surface area contributed by atoms with E-state index in [9.17, 15) is 24.9 Å². The van der Waals surface area contributed by atoms with Crippen LogP contribution in [-0.4, -0.2) is 50.0 Å². The third kappa shape index (κ3) is 2.18. The highest BCUT2D eigenvalue weighted by Crippen LogP contribution is 2.76. The molecule has 160 valence electrons. The van der Waals surface area contributed by atoms with Crippen LogP contribution in [0.25, 0.3) is 0 Å². The number of esters is 1. The number of carbonyl (C=O) groups excluding carboxylic acids is 2. The second kappa shape index (κ2) is 5.80. The van der Waals surface area contributed by atoms with Gasteiger partial charge in [0.2, 0.25) is 0 Å². The molecule has 0 heterocycles. The fourth-order valence-electron chi connectivity index (χ4n) is 7.04. The van der Waals surface area contributed by atoms with E-state index in [1.165, 1.54) is 6.92 Å². The highest BCUT2D eigenvalue weighted by atomic mass is 16.6. The number of ether oxygens (including phenoxy) is 1. The Morgan fingerprint density at radius 1 is 1.28 bits per heavy atom. The molecule has 3 N–H and O–H groups in total. The van der Waals surface area contributed by atoms with Gasteiger partial charge >= 0.3 is 5.97 Å². The number of aliphatic hydroxyl groups is 3. The van der Waals surface area contributed by atoms with Crippen molar-refractivity contribution in [3.63, 3.8) is 0 Å². The molecule has 4 aliphatic carbocycles. The van der Waals surface area contributed by atoms with Gasteiger partial charge in [-0.05, 0) is 18.9 Å². The molecule has 0 aromatic heterocycles. The van der Waals surface area contributed by atoms with Crippen LogP contribution in [0.4, 0.5) is 0 Å². The second-order valence-corrected chi connectivity index (χ2v) is 10.2. The quantitative estimate of drug-likeness (QED) is 0.480. The molecule has 0 aromatic rings. The molecule has 2 saturated carbocycles. The number of fused-ring (bicyclic) bond motifs is 5. The molecule has 0 spiro atoms. The van der Waals surface area contributed by atoms with E-state index in [1.54, 1.807) is 19.9 Å². The summed E-state index contributed by atoms with van der Waals surface area (Å²) in [7, 11) is 0. The molecular weight excluding hydrogens is 372 g/mol. The topological polar surface area (TPSA) is 104 Å². The van der Waals surface area contributed by atoms with Crippen molar-refractivity contribution in [2.24, 2.45) is 29.1 Å². The van der Waals surface area contributed by atoms with Crippen LogP contribution in [0.3, 0.4) is 0 Å². The van der Waals surface area contributed by atoms with Gasteiger partial charge in [-0.2, -0.15) is 0 Å². The van der Waals surface area contributed by atoms with E-state index in [4.69, 9.17) is 4.74 Å². The Hall–Kier alpha value is -1.50. The monoisotopic (exact) mass is 404 g/mol. The van der Waals surface area contributed by atoms with Gasteiger partial charge in [-0.3, -0.25) is 9.59 Å². The molecule has 4 aliphatic rings. The number of ketones is 1. The first-order valence-electron chi connectivity index (χ1n) is 10.5. The normalized spacial score (nSPS) is 49.8. The largest absolute Gasteiger partial charge is 0.456 e. The average Bonchev–Trinajstić information content (AvgIpc) is 3.06. The number of hydrogen-bond acceptors (Lipinski definition) is 6. The van der Waals surface area contributed by atoms with Crippen LogP contribution in [0.2, 0.25) is 0 Å². The van der Waals surface area contributed by atoms with Gasteiger partial charge in [0.1, 0.15) is 11.2 Å². The van der Waals surface area contributed by atoms with Crippen LogP contribution in [0.1, 0.15) is 54.4 Å². The third-order valence-electron chi connectivity index (χ3n) is 8.56. The summed E-state index contributed by atoms with van der Waals surface area (Å²) in [5.74, 6) is -3.14. The summed E-state index contributed by atoms with van der Waals surface area (Å²) in [6.45, 7) is 10.6. The number of rotatable bonds is 2. The average molecular weight is 405 g/mol. The Kier molecular flexibility index (Phi) is 4.15. The Morgan fingerprint density at radius 2 is 1.90 bits per heavy atom. The van der Waals surface area contributed by atoms with Crippen molar-refractivity contribution >= 4 is 11.8 Å². The van der Waals surface area contributed by atoms with E-state index >= 15 is 0 Å². The third-order valence-corrected chi connectivity index (χ3v) is 8.56. The number of Topliss-reactive ketones (excluding diaryl/α,β-unsaturated/α-hetero) is 1. The highest BCUT2D eigenvalue weighted by molar-refractivity contribution is 6.04. The molecule has 0 aliphatic heterocycles.